The number of hydrogen-bond donors (Lipinski definition) is 1. The van der Waals surface area contributed by atoms with E-state index < -0.39 is 11.5 Å². The van der Waals surface area contributed by atoms with Crippen molar-refractivity contribution in [2.45, 2.75) is 12.5 Å². The molecule has 0 aliphatic carbocycles. The molecule has 4 nitrogen and oxygen atoms in total. The van der Waals surface area contributed by atoms with Crippen LogP contribution in [0.15, 0.2) is 29.3 Å². The second-order valence-electron chi connectivity index (χ2n) is 3.40. The van der Waals surface area contributed by atoms with Gasteiger partial charge in [-0.2, -0.15) is 4.99 Å². The van der Waals surface area contributed by atoms with Crippen molar-refractivity contribution in [3.8, 4) is 0 Å². The van der Waals surface area contributed by atoms with Crippen LogP contribution in [-0.2, 0) is 15.1 Å². The monoisotopic (exact) mass is 208 g/mol. The minimum Gasteiger partial charge on any atom is -0.444 e. The van der Waals surface area contributed by atoms with Crippen molar-refractivity contribution >= 4 is 11.9 Å². The lowest BCUT2D eigenvalue weighted by Gasteiger charge is -2.20. The van der Waals surface area contributed by atoms with Gasteiger partial charge in [0, 0.05) is 5.56 Å². The number of hydrogen-bond acceptors (Lipinski definition) is 3. The molecule has 0 saturated heterocycles. The molecule has 1 aromatic carbocycles. The van der Waals surface area contributed by atoms with Crippen LogP contribution in [0.2, 0.25) is 0 Å². The number of nitrogens with zero attached hydrogens (tertiary/aromatic N) is 1. The van der Waals surface area contributed by atoms with Gasteiger partial charge in [-0.1, -0.05) is 12.1 Å². The molecule has 1 aromatic rings. The van der Waals surface area contributed by atoms with Crippen molar-refractivity contribution < 1.29 is 13.9 Å². The molecule has 1 unspecified atom stereocenters. The molecule has 2 rings (SSSR count). The van der Waals surface area contributed by atoms with Gasteiger partial charge in [0.05, 0.1) is 0 Å². The average molecular weight is 208 g/mol. The average Bonchev–Trinajstić information content (AvgIpc) is 2.42. The molecular formula is C10H9FN2O2. The topological polar surface area (TPSA) is 64.7 Å². The molecule has 78 valence electrons. The van der Waals surface area contributed by atoms with Gasteiger partial charge in [0.2, 0.25) is 5.60 Å². The van der Waals surface area contributed by atoms with Crippen LogP contribution in [0, 0.1) is 5.82 Å². The Hall–Kier alpha value is -1.91. The Morgan fingerprint density at radius 2 is 2.00 bits per heavy atom. The van der Waals surface area contributed by atoms with Gasteiger partial charge in [0.15, 0.2) is 0 Å². The quantitative estimate of drug-likeness (QED) is 0.746. The standard InChI is InChI=1S/C10H9FN2O2/c1-10(8(14)13-9(12)15-10)6-2-4-7(11)5-3-6/h2-5H,1H3,(H2,12,13,14). The van der Waals surface area contributed by atoms with Crippen LogP contribution in [0.4, 0.5) is 4.39 Å². The van der Waals surface area contributed by atoms with Gasteiger partial charge in [-0.25, -0.2) is 4.39 Å². The summed E-state index contributed by atoms with van der Waals surface area (Å²) in [5.74, 6) is -0.853. The van der Waals surface area contributed by atoms with E-state index in [0.29, 0.717) is 5.56 Å². The van der Waals surface area contributed by atoms with Gasteiger partial charge >= 0.3 is 0 Å². The summed E-state index contributed by atoms with van der Waals surface area (Å²) < 4.78 is 17.8. The lowest BCUT2D eigenvalue weighted by Crippen LogP contribution is -2.31. The first-order chi connectivity index (χ1) is 7.02. The third kappa shape index (κ3) is 1.45. The van der Waals surface area contributed by atoms with E-state index in [0.717, 1.165) is 0 Å². The summed E-state index contributed by atoms with van der Waals surface area (Å²) in [5, 5.41) is 0. The van der Waals surface area contributed by atoms with Crippen LogP contribution >= 0.6 is 0 Å². The van der Waals surface area contributed by atoms with E-state index in [1.54, 1.807) is 6.92 Å². The lowest BCUT2D eigenvalue weighted by molar-refractivity contribution is -0.130. The fraction of sp³-hybridized carbons (Fsp3) is 0.200. The molecule has 0 radical (unpaired) electrons. The highest BCUT2D eigenvalue weighted by atomic mass is 19.1. The predicted molar refractivity (Wildman–Crippen MR) is 51.5 cm³/mol. The lowest BCUT2D eigenvalue weighted by atomic mass is 9.95. The molecule has 1 atom stereocenters. The van der Waals surface area contributed by atoms with Crippen molar-refractivity contribution in [3.05, 3.63) is 35.6 Å². The Balaban J connectivity index is 2.40. The van der Waals surface area contributed by atoms with Gasteiger partial charge in [-0.15, -0.1) is 0 Å². The van der Waals surface area contributed by atoms with Gasteiger partial charge in [0.25, 0.3) is 11.9 Å². The number of ether oxygens (including phenoxy) is 1. The summed E-state index contributed by atoms with van der Waals surface area (Å²) in [5.41, 5.74) is 4.60. The minimum atomic E-state index is -1.22. The second kappa shape index (κ2) is 3.05. The van der Waals surface area contributed by atoms with E-state index in [9.17, 15) is 9.18 Å². The van der Waals surface area contributed by atoms with Crippen LogP contribution in [-0.4, -0.2) is 11.9 Å². The van der Waals surface area contributed by atoms with E-state index >= 15 is 0 Å². The van der Waals surface area contributed by atoms with Crippen LogP contribution in [0.25, 0.3) is 0 Å². The minimum absolute atomic E-state index is 0.160. The Morgan fingerprint density at radius 3 is 2.47 bits per heavy atom. The summed E-state index contributed by atoms with van der Waals surface area (Å²) >= 11 is 0. The fourth-order valence-electron chi connectivity index (χ4n) is 1.43. The third-order valence-electron chi connectivity index (χ3n) is 2.32. The normalized spacial score (nSPS) is 24.9. The van der Waals surface area contributed by atoms with Crippen molar-refractivity contribution in [1.29, 1.82) is 0 Å². The van der Waals surface area contributed by atoms with E-state index in [2.05, 4.69) is 4.99 Å². The highest BCUT2D eigenvalue weighted by Crippen LogP contribution is 2.30. The number of rotatable bonds is 1. The van der Waals surface area contributed by atoms with Crippen LogP contribution in [0.1, 0.15) is 12.5 Å². The Bertz CT molecular complexity index is 441. The molecular weight excluding hydrogens is 199 g/mol. The largest absolute Gasteiger partial charge is 0.444 e. The van der Waals surface area contributed by atoms with Gasteiger partial charge in [-0.3, -0.25) is 4.79 Å². The van der Waals surface area contributed by atoms with E-state index in [1.165, 1.54) is 24.3 Å². The summed E-state index contributed by atoms with van der Waals surface area (Å²) in [6, 6.07) is 5.30. The number of benzene rings is 1. The Kier molecular flexibility index (Phi) is 1.96. The van der Waals surface area contributed by atoms with Gasteiger partial charge in [-0.05, 0) is 19.1 Å². The molecule has 5 heteroatoms. The summed E-state index contributed by atoms with van der Waals surface area (Å²) in [4.78, 5) is 15.0. The van der Waals surface area contributed by atoms with Crippen molar-refractivity contribution in [1.82, 2.24) is 0 Å². The highest BCUT2D eigenvalue weighted by molar-refractivity contribution is 6.01. The molecule has 15 heavy (non-hydrogen) atoms. The van der Waals surface area contributed by atoms with Crippen molar-refractivity contribution in [2.75, 3.05) is 0 Å². The maximum atomic E-state index is 12.7. The van der Waals surface area contributed by atoms with E-state index in [4.69, 9.17) is 10.5 Å². The van der Waals surface area contributed by atoms with Crippen molar-refractivity contribution in [3.63, 3.8) is 0 Å². The Morgan fingerprint density at radius 1 is 1.40 bits per heavy atom. The maximum Gasteiger partial charge on any atom is 0.298 e. The molecule has 1 amide bonds. The highest BCUT2D eigenvalue weighted by Gasteiger charge is 2.43. The summed E-state index contributed by atoms with van der Waals surface area (Å²) in [6.45, 7) is 1.55. The third-order valence-corrected chi connectivity index (χ3v) is 2.32. The number of nitrogens with two attached hydrogens (primary N) is 1. The molecule has 0 fully saturated rings. The molecule has 0 bridgehead atoms. The zero-order valence-corrected chi connectivity index (χ0v) is 8.03. The number of aliphatic imine (C=N–C) groups is 1. The number of halogens is 1. The first-order valence-corrected chi connectivity index (χ1v) is 4.36. The molecule has 0 saturated carbocycles. The fourth-order valence-corrected chi connectivity index (χ4v) is 1.43. The number of carbonyl (C=O) groups is 1. The maximum absolute atomic E-state index is 12.7. The van der Waals surface area contributed by atoms with Crippen LogP contribution < -0.4 is 5.73 Å². The zero-order valence-electron chi connectivity index (χ0n) is 8.03. The number of carbonyl (C=O) groups excluding carboxylic acids is 1. The molecule has 1 heterocycles. The summed E-state index contributed by atoms with van der Waals surface area (Å²) in [6.07, 6.45) is 0. The second-order valence-corrected chi connectivity index (χ2v) is 3.40. The zero-order chi connectivity index (χ0) is 11.1. The molecule has 2 N–H and O–H groups in total. The number of amidine groups is 1. The van der Waals surface area contributed by atoms with Crippen LogP contribution in [0.3, 0.4) is 0 Å². The SMILES string of the molecule is CC1(c2ccc(F)cc2)OC(N)=NC1=O. The predicted octanol–water partition coefficient (Wildman–Crippen LogP) is 0.912. The number of amides is 1. The first kappa shape index (κ1) is 9.64. The summed E-state index contributed by atoms with van der Waals surface area (Å²) in [7, 11) is 0. The van der Waals surface area contributed by atoms with Gasteiger partial charge < -0.3 is 10.5 Å². The first-order valence-electron chi connectivity index (χ1n) is 4.36. The molecule has 0 aromatic heterocycles. The van der Waals surface area contributed by atoms with Crippen molar-refractivity contribution in [2.24, 2.45) is 10.7 Å². The van der Waals surface area contributed by atoms with Gasteiger partial charge in [0.1, 0.15) is 5.82 Å². The molecule has 1 aliphatic rings. The molecule has 1 aliphatic heterocycles. The van der Waals surface area contributed by atoms with E-state index in [1.807, 2.05) is 0 Å². The Labute approximate surface area is 85.6 Å². The van der Waals surface area contributed by atoms with Crippen LogP contribution in [0.5, 0.6) is 0 Å². The molecule has 0 spiro atoms. The smallest absolute Gasteiger partial charge is 0.298 e. The van der Waals surface area contributed by atoms with E-state index in [-0.39, 0.29) is 11.8 Å².